The van der Waals surface area contributed by atoms with Crippen LogP contribution in [0, 0.1) is 0 Å². The Morgan fingerprint density at radius 2 is 2.25 bits per heavy atom. The van der Waals surface area contributed by atoms with Crippen molar-refractivity contribution in [3.05, 3.63) is 11.5 Å². The lowest BCUT2D eigenvalue weighted by Gasteiger charge is -1.87. The molecule has 0 bridgehead atoms. The molecule has 0 aliphatic carbocycles. The quantitative estimate of drug-likeness (QED) is 0.391. The van der Waals surface area contributed by atoms with E-state index in [1.165, 1.54) is 0 Å². The molecular weight excluding hydrogens is 118 g/mol. The van der Waals surface area contributed by atoms with Gasteiger partial charge in [-0.1, -0.05) is 17.8 Å². The van der Waals surface area contributed by atoms with Crippen molar-refractivity contribution < 1.29 is 0 Å². The van der Waals surface area contributed by atoms with Crippen molar-refractivity contribution in [1.29, 1.82) is 0 Å². The summed E-state index contributed by atoms with van der Waals surface area (Å²) in [5.41, 5.74) is 0. The fraction of sp³-hybridized carbons (Fsp3) is 0.500. The van der Waals surface area contributed by atoms with Gasteiger partial charge in [0.25, 0.3) is 0 Å². The minimum absolute atomic E-state index is 1.10. The number of aliphatic imine (C=N–C) groups is 1. The van der Waals surface area contributed by atoms with Crippen LogP contribution in [-0.4, -0.2) is 12.1 Å². The molecule has 1 nitrogen and oxygen atoms in total. The van der Waals surface area contributed by atoms with Gasteiger partial charge in [-0.2, -0.15) is 0 Å². The van der Waals surface area contributed by atoms with Crippen molar-refractivity contribution in [2.45, 2.75) is 13.8 Å². The normalized spacial score (nSPS) is 13.1. The molecule has 0 heterocycles. The van der Waals surface area contributed by atoms with Crippen LogP contribution in [0.15, 0.2) is 16.5 Å². The molecule has 0 fully saturated rings. The molecule has 0 aromatic carbocycles. The maximum atomic E-state index is 3.95. The average molecular weight is 129 g/mol. The molecule has 0 spiro atoms. The van der Waals surface area contributed by atoms with E-state index in [-0.39, 0.29) is 0 Å². The van der Waals surface area contributed by atoms with Crippen LogP contribution in [0.1, 0.15) is 13.8 Å². The average Bonchev–Trinajstić information content (AvgIpc) is 1.83. The maximum absolute atomic E-state index is 3.95. The van der Waals surface area contributed by atoms with Crippen LogP contribution in [0.2, 0.25) is 0 Å². The second-order valence-electron chi connectivity index (χ2n) is 1.33. The maximum Gasteiger partial charge on any atom is 0.0683 e. The third-order valence-electron chi connectivity index (χ3n) is 0.690. The first-order chi connectivity index (χ1) is 3.81. The fourth-order valence-electron chi connectivity index (χ4n) is 0.219. The van der Waals surface area contributed by atoms with E-state index in [9.17, 15) is 0 Å². The molecule has 0 aliphatic rings. The first-order valence-electron chi connectivity index (χ1n) is 2.52. The van der Waals surface area contributed by atoms with Crippen LogP contribution < -0.4 is 0 Å². The second-order valence-corrected chi connectivity index (χ2v) is 2.43. The van der Waals surface area contributed by atoms with Crippen LogP contribution in [0.5, 0.6) is 0 Å². The summed E-state index contributed by atoms with van der Waals surface area (Å²) in [6, 6.07) is 0. The Hall–Kier alpha value is -0.240. The zero-order valence-electron chi connectivity index (χ0n) is 5.51. The highest BCUT2D eigenvalue weighted by Crippen LogP contribution is 2.03. The van der Waals surface area contributed by atoms with Gasteiger partial charge in [-0.3, -0.25) is 4.99 Å². The Balaban J connectivity index is 3.40. The lowest BCUT2D eigenvalue weighted by atomic mass is 10.8. The van der Waals surface area contributed by atoms with Crippen LogP contribution in [0.4, 0.5) is 0 Å². The summed E-state index contributed by atoms with van der Waals surface area (Å²) in [5.74, 6) is 0. The number of allylic oxidation sites excluding steroid dienone is 1. The van der Waals surface area contributed by atoms with E-state index < -0.39 is 0 Å². The number of thioether (sulfide) groups is 1. The van der Waals surface area contributed by atoms with E-state index in [0.717, 1.165) is 5.04 Å². The van der Waals surface area contributed by atoms with Gasteiger partial charge in [0.15, 0.2) is 0 Å². The number of nitrogens with zero attached hydrogens (tertiary/aromatic N) is 1. The summed E-state index contributed by atoms with van der Waals surface area (Å²) in [6.45, 7) is 3.99. The van der Waals surface area contributed by atoms with Gasteiger partial charge < -0.3 is 0 Å². The molecule has 0 rings (SSSR count). The van der Waals surface area contributed by atoms with Gasteiger partial charge in [0, 0.05) is 7.05 Å². The summed E-state index contributed by atoms with van der Waals surface area (Å²) in [7, 11) is 1.80. The molecule has 0 aliphatic heterocycles. The predicted octanol–water partition coefficient (Wildman–Crippen LogP) is 2.30. The van der Waals surface area contributed by atoms with E-state index in [1.807, 2.05) is 25.3 Å². The predicted molar refractivity (Wildman–Crippen MR) is 41.4 cm³/mol. The Kier molecular flexibility index (Phi) is 4.76. The zero-order valence-corrected chi connectivity index (χ0v) is 6.33. The van der Waals surface area contributed by atoms with E-state index in [1.54, 1.807) is 18.8 Å². The van der Waals surface area contributed by atoms with Crippen LogP contribution >= 0.6 is 11.8 Å². The third-order valence-corrected chi connectivity index (χ3v) is 1.62. The van der Waals surface area contributed by atoms with Crippen molar-refractivity contribution >= 4 is 16.8 Å². The molecular formula is C6H11NS. The Bertz CT molecular complexity index is 105. The summed E-state index contributed by atoms with van der Waals surface area (Å²) in [6.07, 6.45) is 2.00. The summed E-state index contributed by atoms with van der Waals surface area (Å²) in [5, 5.41) is 3.12. The van der Waals surface area contributed by atoms with Crippen LogP contribution in [-0.2, 0) is 0 Å². The minimum Gasteiger partial charge on any atom is -0.286 e. The molecule has 0 saturated heterocycles. The Morgan fingerprint density at radius 3 is 2.62 bits per heavy atom. The topological polar surface area (TPSA) is 12.4 Å². The first-order valence-corrected chi connectivity index (χ1v) is 3.40. The van der Waals surface area contributed by atoms with Crippen LogP contribution in [0.25, 0.3) is 0 Å². The molecule has 46 valence electrons. The van der Waals surface area contributed by atoms with Gasteiger partial charge >= 0.3 is 0 Å². The van der Waals surface area contributed by atoms with E-state index >= 15 is 0 Å². The highest BCUT2D eigenvalue weighted by atomic mass is 32.2. The van der Waals surface area contributed by atoms with Gasteiger partial charge in [-0.05, 0) is 19.3 Å². The Labute approximate surface area is 54.9 Å². The molecule has 0 atom stereocenters. The molecule has 0 unspecified atom stereocenters. The standard InChI is InChI=1S/C6H11NS/c1-4-5-8-6(2)7-3/h4-5H,1-3H3. The van der Waals surface area contributed by atoms with Crippen LogP contribution in [0.3, 0.4) is 0 Å². The number of hydrogen-bond acceptors (Lipinski definition) is 2. The minimum atomic E-state index is 1.10. The fourth-order valence-corrected chi connectivity index (χ4v) is 0.658. The van der Waals surface area contributed by atoms with Gasteiger partial charge in [0.05, 0.1) is 5.04 Å². The molecule has 0 N–H and O–H groups in total. The molecule has 0 aromatic rings. The second kappa shape index (κ2) is 4.91. The van der Waals surface area contributed by atoms with Crippen molar-refractivity contribution in [2.75, 3.05) is 7.05 Å². The number of rotatable bonds is 1. The molecule has 0 radical (unpaired) electrons. The summed E-state index contributed by atoms with van der Waals surface area (Å²) < 4.78 is 0. The third kappa shape index (κ3) is 3.93. The van der Waals surface area contributed by atoms with E-state index in [4.69, 9.17) is 0 Å². The van der Waals surface area contributed by atoms with Crippen molar-refractivity contribution in [3.8, 4) is 0 Å². The SMILES string of the molecule is CC=CSC(C)=NC. The molecule has 0 saturated carbocycles. The summed E-state index contributed by atoms with van der Waals surface area (Å²) in [4.78, 5) is 3.95. The highest BCUT2D eigenvalue weighted by Gasteiger charge is 1.80. The molecule has 2 heteroatoms. The highest BCUT2D eigenvalue weighted by molar-refractivity contribution is 8.16. The molecule has 8 heavy (non-hydrogen) atoms. The summed E-state index contributed by atoms with van der Waals surface area (Å²) >= 11 is 1.65. The molecule has 0 amide bonds. The smallest absolute Gasteiger partial charge is 0.0683 e. The zero-order chi connectivity index (χ0) is 6.41. The largest absolute Gasteiger partial charge is 0.286 e. The van der Waals surface area contributed by atoms with Crippen molar-refractivity contribution in [1.82, 2.24) is 0 Å². The Morgan fingerprint density at radius 1 is 1.62 bits per heavy atom. The van der Waals surface area contributed by atoms with E-state index in [2.05, 4.69) is 4.99 Å². The monoisotopic (exact) mass is 129 g/mol. The van der Waals surface area contributed by atoms with Gasteiger partial charge in [0.2, 0.25) is 0 Å². The van der Waals surface area contributed by atoms with Gasteiger partial charge in [0.1, 0.15) is 0 Å². The van der Waals surface area contributed by atoms with Crippen molar-refractivity contribution in [3.63, 3.8) is 0 Å². The van der Waals surface area contributed by atoms with Gasteiger partial charge in [-0.25, -0.2) is 0 Å². The van der Waals surface area contributed by atoms with Crippen molar-refractivity contribution in [2.24, 2.45) is 4.99 Å². The molecule has 0 aromatic heterocycles. The van der Waals surface area contributed by atoms with Gasteiger partial charge in [-0.15, -0.1) is 0 Å². The lowest BCUT2D eigenvalue weighted by Crippen LogP contribution is -1.76. The first kappa shape index (κ1) is 7.76. The van der Waals surface area contributed by atoms with E-state index in [0.29, 0.717) is 0 Å². The lowest BCUT2D eigenvalue weighted by molar-refractivity contribution is 1.45. The number of hydrogen-bond donors (Lipinski definition) is 0.